The number of nitrogen functional groups attached to an aromatic ring is 1. The fourth-order valence-corrected chi connectivity index (χ4v) is 2.63. The van der Waals surface area contributed by atoms with E-state index < -0.39 is 0 Å². The third kappa shape index (κ3) is 2.03. The van der Waals surface area contributed by atoms with Crippen LogP contribution in [0.25, 0.3) is 0 Å². The first-order chi connectivity index (χ1) is 8.74. The first-order valence-electron chi connectivity index (χ1n) is 6.64. The molecule has 1 aromatic carbocycles. The van der Waals surface area contributed by atoms with Gasteiger partial charge in [0.15, 0.2) is 6.10 Å². The second-order valence-corrected chi connectivity index (χ2v) is 5.00. The van der Waals surface area contributed by atoms with Gasteiger partial charge in [0.1, 0.15) is 17.3 Å². The summed E-state index contributed by atoms with van der Waals surface area (Å²) in [5.41, 5.74) is 7.38. The average molecular weight is 245 g/mol. The molecule has 18 heavy (non-hydrogen) atoms. The van der Waals surface area contributed by atoms with Gasteiger partial charge in [-0.25, -0.2) is 4.99 Å². The molecule has 2 N–H and O–H groups in total. The summed E-state index contributed by atoms with van der Waals surface area (Å²) in [5.74, 6) is 1.86. The van der Waals surface area contributed by atoms with E-state index in [1.54, 1.807) is 0 Å². The van der Waals surface area contributed by atoms with Crippen molar-refractivity contribution in [2.75, 3.05) is 18.8 Å². The molecule has 0 radical (unpaired) electrons. The van der Waals surface area contributed by atoms with E-state index in [0.29, 0.717) is 0 Å². The van der Waals surface area contributed by atoms with Crippen molar-refractivity contribution in [2.24, 2.45) is 4.99 Å². The SMILES string of the molecule is CC1Oc2cc(N)ccc2N=C1N1CCCCC1. The molecular formula is C14H19N3O. The number of aliphatic imine (C=N–C) groups is 1. The Hall–Kier alpha value is -1.71. The first-order valence-corrected chi connectivity index (χ1v) is 6.64. The highest BCUT2D eigenvalue weighted by molar-refractivity contribution is 5.91. The number of piperidine rings is 1. The largest absolute Gasteiger partial charge is 0.480 e. The van der Waals surface area contributed by atoms with Gasteiger partial charge in [-0.3, -0.25) is 0 Å². The Morgan fingerprint density at radius 2 is 2.06 bits per heavy atom. The van der Waals surface area contributed by atoms with Crippen LogP contribution in [0.15, 0.2) is 23.2 Å². The zero-order chi connectivity index (χ0) is 12.5. The van der Waals surface area contributed by atoms with E-state index in [-0.39, 0.29) is 6.10 Å². The van der Waals surface area contributed by atoms with Gasteiger partial charge < -0.3 is 15.4 Å². The normalized spacial score (nSPS) is 23.1. The fourth-order valence-electron chi connectivity index (χ4n) is 2.63. The minimum Gasteiger partial charge on any atom is -0.480 e. The zero-order valence-electron chi connectivity index (χ0n) is 10.7. The fraction of sp³-hybridized carbons (Fsp3) is 0.500. The van der Waals surface area contributed by atoms with Gasteiger partial charge in [-0.1, -0.05) is 0 Å². The second kappa shape index (κ2) is 4.52. The number of anilines is 1. The lowest BCUT2D eigenvalue weighted by Gasteiger charge is -2.34. The molecule has 1 atom stereocenters. The van der Waals surface area contributed by atoms with E-state index in [0.717, 1.165) is 36.0 Å². The average Bonchev–Trinajstić information content (AvgIpc) is 2.39. The highest BCUT2D eigenvalue weighted by Gasteiger charge is 2.26. The van der Waals surface area contributed by atoms with Crippen LogP contribution in [0, 0.1) is 0 Å². The van der Waals surface area contributed by atoms with Crippen LogP contribution in [0.1, 0.15) is 26.2 Å². The number of ether oxygens (including phenoxy) is 1. The van der Waals surface area contributed by atoms with Crippen LogP contribution in [0.2, 0.25) is 0 Å². The number of nitrogens with two attached hydrogens (primary N) is 1. The molecule has 1 aromatic rings. The molecule has 0 aromatic heterocycles. The third-order valence-corrected chi connectivity index (χ3v) is 3.57. The molecule has 2 aliphatic heterocycles. The van der Waals surface area contributed by atoms with Crippen LogP contribution in [0.3, 0.4) is 0 Å². The molecule has 4 heteroatoms. The predicted octanol–water partition coefficient (Wildman–Crippen LogP) is 2.57. The smallest absolute Gasteiger partial charge is 0.153 e. The summed E-state index contributed by atoms with van der Waals surface area (Å²) in [4.78, 5) is 7.11. The number of hydrogen-bond acceptors (Lipinski definition) is 4. The van der Waals surface area contributed by atoms with Crippen LogP contribution < -0.4 is 10.5 Å². The molecule has 3 rings (SSSR count). The minimum atomic E-state index is 0.0115. The number of hydrogen-bond donors (Lipinski definition) is 1. The molecule has 96 valence electrons. The van der Waals surface area contributed by atoms with E-state index >= 15 is 0 Å². The van der Waals surface area contributed by atoms with Gasteiger partial charge in [0, 0.05) is 24.8 Å². The molecular weight excluding hydrogens is 226 g/mol. The van der Waals surface area contributed by atoms with Gasteiger partial charge >= 0.3 is 0 Å². The van der Waals surface area contributed by atoms with Crippen molar-refractivity contribution in [1.29, 1.82) is 0 Å². The second-order valence-electron chi connectivity index (χ2n) is 5.00. The maximum Gasteiger partial charge on any atom is 0.153 e. The molecule has 1 saturated heterocycles. The summed E-state index contributed by atoms with van der Waals surface area (Å²) in [6.07, 6.45) is 3.84. The van der Waals surface area contributed by atoms with Crippen molar-refractivity contribution in [3.63, 3.8) is 0 Å². The molecule has 0 aliphatic carbocycles. The predicted molar refractivity (Wildman–Crippen MR) is 73.5 cm³/mol. The topological polar surface area (TPSA) is 50.9 Å². The Morgan fingerprint density at radius 3 is 2.83 bits per heavy atom. The summed E-state index contributed by atoms with van der Waals surface area (Å²) in [7, 11) is 0. The molecule has 4 nitrogen and oxygen atoms in total. The first kappa shape index (κ1) is 11.4. The molecule has 0 spiro atoms. The highest BCUT2D eigenvalue weighted by Crippen LogP contribution is 2.35. The summed E-state index contributed by atoms with van der Waals surface area (Å²) >= 11 is 0. The van der Waals surface area contributed by atoms with Crippen molar-refractivity contribution >= 4 is 17.2 Å². The molecule has 1 fully saturated rings. The lowest BCUT2D eigenvalue weighted by Crippen LogP contribution is -2.44. The van der Waals surface area contributed by atoms with Crippen molar-refractivity contribution in [1.82, 2.24) is 4.90 Å². The van der Waals surface area contributed by atoms with Crippen molar-refractivity contribution < 1.29 is 4.74 Å². The van der Waals surface area contributed by atoms with Gasteiger partial charge in [0.25, 0.3) is 0 Å². The molecule has 2 aliphatic rings. The van der Waals surface area contributed by atoms with Crippen LogP contribution in [0.4, 0.5) is 11.4 Å². The molecule has 0 bridgehead atoms. The van der Waals surface area contributed by atoms with Gasteiger partial charge in [0.05, 0.1) is 0 Å². The Bertz CT molecular complexity index is 478. The lowest BCUT2D eigenvalue weighted by atomic mass is 10.1. The standard InChI is InChI=1S/C14H19N3O/c1-10-14(17-7-3-2-4-8-17)16-12-6-5-11(15)9-13(12)18-10/h5-6,9-10H,2-4,7-8,15H2,1H3. The van der Waals surface area contributed by atoms with Gasteiger partial charge in [-0.15, -0.1) is 0 Å². The number of benzene rings is 1. The van der Waals surface area contributed by atoms with Crippen LogP contribution in [-0.4, -0.2) is 29.9 Å². The van der Waals surface area contributed by atoms with Crippen LogP contribution in [0.5, 0.6) is 5.75 Å². The van der Waals surface area contributed by atoms with E-state index in [1.165, 1.54) is 19.3 Å². The summed E-state index contributed by atoms with van der Waals surface area (Å²) in [6.45, 7) is 4.24. The Kier molecular flexibility index (Phi) is 2.86. The third-order valence-electron chi connectivity index (χ3n) is 3.57. The van der Waals surface area contributed by atoms with Gasteiger partial charge in [0.2, 0.25) is 0 Å². The Morgan fingerprint density at radius 1 is 1.28 bits per heavy atom. The monoisotopic (exact) mass is 245 g/mol. The van der Waals surface area contributed by atoms with Gasteiger partial charge in [-0.05, 0) is 38.3 Å². The zero-order valence-corrected chi connectivity index (χ0v) is 10.7. The Balaban J connectivity index is 1.92. The maximum absolute atomic E-state index is 5.93. The number of likely N-dealkylation sites (tertiary alicyclic amines) is 1. The maximum atomic E-state index is 5.93. The van der Waals surface area contributed by atoms with Crippen LogP contribution >= 0.6 is 0 Å². The van der Waals surface area contributed by atoms with Crippen molar-refractivity contribution in [3.05, 3.63) is 18.2 Å². The lowest BCUT2D eigenvalue weighted by molar-refractivity contribution is 0.242. The van der Waals surface area contributed by atoms with E-state index in [9.17, 15) is 0 Å². The van der Waals surface area contributed by atoms with E-state index in [2.05, 4.69) is 11.8 Å². The summed E-state index contributed by atoms with van der Waals surface area (Å²) in [5, 5.41) is 0. The van der Waals surface area contributed by atoms with E-state index in [4.69, 9.17) is 15.5 Å². The number of fused-ring (bicyclic) bond motifs is 1. The highest BCUT2D eigenvalue weighted by atomic mass is 16.5. The quantitative estimate of drug-likeness (QED) is 0.715. The summed E-state index contributed by atoms with van der Waals surface area (Å²) in [6, 6.07) is 5.65. The molecule has 0 amide bonds. The summed E-state index contributed by atoms with van der Waals surface area (Å²) < 4.78 is 5.93. The molecule has 0 saturated carbocycles. The number of nitrogens with zero attached hydrogens (tertiary/aromatic N) is 2. The van der Waals surface area contributed by atoms with Crippen molar-refractivity contribution in [2.45, 2.75) is 32.3 Å². The molecule has 1 unspecified atom stereocenters. The van der Waals surface area contributed by atoms with Crippen LogP contribution in [-0.2, 0) is 0 Å². The van der Waals surface area contributed by atoms with E-state index in [1.807, 2.05) is 18.2 Å². The van der Waals surface area contributed by atoms with Crippen molar-refractivity contribution in [3.8, 4) is 5.75 Å². The van der Waals surface area contributed by atoms with Gasteiger partial charge in [-0.2, -0.15) is 0 Å². The number of amidine groups is 1. The number of rotatable bonds is 0. The minimum absolute atomic E-state index is 0.0115. The Labute approximate surface area is 107 Å². The molecule has 2 heterocycles.